The summed E-state index contributed by atoms with van der Waals surface area (Å²) in [7, 11) is 3.49. The zero-order chi connectivity index (χ0) is 13.7. The molecule has 0 aliphatic carbocycles. The molecule has 0 saturated heterocycles. The Morgan fingerprint density at radius 1 is 1.32 bits per heavy atom. The van der Waals surface area contributed by atoms with Crippen LogP contribution in [0.2, 0.25) is 0 Å². The maximum Gasteiger partial charge on any atom is 0.216 e. The second kappa shape index (κ2) is 6.58. The molecule has 19 heavy (non-hydrogen) atoms. The quantitative estimate of drug-likeness (QED) is 0.914. The Morgan fingerprint density at radius 2 is 2.16 bits per heavy atom. The van der Waals surface area contributed by atoms with Gasteiger partial charge in [0, 0.05) is 28.9 Å². The molecule has 5 nitrogen and oxygen atoms in total. The Balaban J connectivity index is 2.17. The van der Waals surface area contributed by atoms with Crippen molar-refractivity contribution in [2.24, 2.45) is 0 Å². The molecule has 1 atom stereocenters. The molecule has 1 N–H and O–H groups in total. The molecule has 1 unspecified atom stereocenters. The van der Waals surface area contributed by atoms with Crippen molar-refractivity contribution >= 4 is 15.9 Å². The van der Waals surface area contributed by atoms with Crippen molar-refractivity contribution in [3.8, 4) is 5.88 Å². The van der Waals surface area contributed by atoms with Gasteiger partial charge in [-0.05, 0) is 35.1 Å². The molecule has 0 aliphatic heterocycles. The molecule has 2 heterocycles. The molecule has 0 fully saturated rings. The Kier molecular flexibility index (Phi) is 4.81. The first-order valence-corrected chi connectivity index (χ1v) is 6.66. The molecule has 2 aromatic rings. The third-order valence-corrected chi connectivity index (χ3v) is 3.25. The minimum absolute atomic E-state index is 0.0746. The summed E-state index contributed by atoms with van der Waals surface area (Å²) in [4.78, 5) is 12.7. The molecular formula is C13H15BrN4O. The molecule has 2 rings (SSSR count). The third kappa shape index (κ3) is 3.71. The lowest BCUT2D eigenvalue weighted by molar-refractivity contribution is 0.394. The van der Waals surface area contributed by atoms with Crippen molar-refractivity contribution in [1.82, 2.24) is 20.3 Å². The molecule has 0 aliphatic rings. The summed E-state index contributed by atoms with van der Waals surface area (Å²) in [6.45, 7) is 0. The fourth-order valence-corrected chi connectivity index (χ4v) is 1.98. The number of nitrogens with one attached hydrogen (secondary N) is 1. The van der Waals surface area contributed by atoms with E-state index in [9.17, 15) is 0 Å². The van der Waals surface area contributed by atoms with Crippen LogP contribution in [0.5, 0.6) is 5.88 Å². The van der Waals surface area contributed by atoms with E-state index in [4.69, 9.17) is 4.74 Å². The van der Waals surface area contributed by atoms with Gasteiger partial charge in [-0.25, -0.2) is 9.97 Å². The van der Waals surface area contributed by atoms with Crippen LogP contribution in [0.3, 0.4) is 0 Å². The number of likely N-dealkylation sites (N-methyl/N-ethyl adjacent to an activating group) is 1. The molecule has 0 amide bonds. The topological polar surface area (TPSA) is 59.9 Å². The van der Waals surface area contributed by atoms with Crippen molar-refractivity contribution in [2.45, 2.75) is 12.5 Å². The van der Waals surface area contributed by atoms with E-state index in [-0.39, 0.29) is 6.04 Å². The summed E-state index contributed by atoms with van der Waals surface area (Å²) in [5, 5.41) is 3.24. The third-order valence-electron chi connectivity index (χ3n) is 2.78. The maximum absolute atomic E-state index is 5.11. The first kappa shape index (κ1) is 13.9. The van der Waals surface area contributed by atoms with Gasteiger partial charge in [0.2, 0.25) is 5.88 Å². The van der Waals surface area contributed by atoms with Crippen molar-refractivity contribution in [3.05, 3.63) is 46.6 Å². The van der Waals surface area contributed by atoms with Crippen molar-refractivity contribution in [3.63, 3.8) is 0 Å². The van der Waals surface area contributed by atoms with Gasteiger partial charge in [-0.2, -0.15) is 0 Å². The standard InChI is InChI=1S/C13H15BrN4O/c1-15-11(5-10-4-3-9(14)7-16-10)12-6-13(19-2)18-8-17-12/h3-4,6-8,11,15H,5H2,1-2H3. The summed E-state index contributed by atoms with van der Waals surface area (Å²) in [6.07, 6.45) is 4.06. The predicted octanol–water partition coefficient (Wildman–Crippen LogP) is 2.15. The lowest BCUT2D eigenvalue weighted by Gasteiger charge is -2.15. The van der Waals surface area contributed by atoms with Crippen LogP contribution >= 0.6 is 15.9 Å². The van der Waals surface area contributed by atoms with Gasteiger partial charge in [0.1, 0.15) is 6.33 Å². The van der Waals surface area contributed by atoms with Crippen LogP contribution in [0, 0.1) is 0 Å². The second-order valence-corrected chi connectivity index (χ2v) is 4.91. The first-order chi connectivity index (χ1) is 9.22. The van der Waals surface area contributed by atoms with Gasteiger partial charge in [0.05, 0.1) is 18.8 Å². The zero-order valence-corrected chi connectivity index (χ0v) is 12.4. The van der Waals surface area contributed by atoms with E-state index >= 15 is 0 Å². The number of ether oxygens (including phenoxy) is 1. The Labute approximate surface area is 120 Å². The fourth-order valence-electron chi connectivity index (χ4n) is 1.75. The minimum Gasteiger partial charge on any atom is -0.481 e. The van der Waals surface area contributed by atoms with Crippen LogP contribution in [0.4, 0.5) is 0 Å². The first-order valence-electron chi connectivity index (χ1n) is 5.86. The number of nitrogens with zero attached hydrogens (tertiary/aromatic N) is 3. The van der Waals surface area contributed by atoms with Gasteiger partial charge in [-0.3, -0.25) is 4.98 Å². The van der Waals surface area contributed by atoms with Crippen LogP contribution in [0.1, 0.15) is 17.4 Å². The number of aromatic nitrogens is 3. The van der Waals surface area contributed by atoms with Gasteiger partial charge in [-0.1, -0.05) is 0 Å². The van der Waals surface area contributed by atoms with Crippen molar-refractivity contribution in [2.75, 3.05) is 14.2 Å². The number of methoxy groups -OCH3 is 1. The summed E-state index contributed by atoms with van der Waals surface area (Å²) in [5.41, 5.74) is 1.89. The van der Waals surface area contributed by atoms with Crippen LogP contribution in [0.15, 0.2) is 35.2 Å². The predicted molar refractivity (Wildman–Crippen MR) is 76.0 cm³/mol. The number of hydrogen-bond acceptors (Lipinski definition) is 5. The second-order valence-electron chi connectivity index (χ2n) is 4.00. The molecule has 100 valence electrons. The molecule has 0 saturated carbocycles. The van der Waals surface area contributed by atoms with Crippen molar-refractivity contribution in [1.29, 1.82) is 0 Å². The highest BCUT2D eigenvalue weighted by Crippen LogP contribution is 2.18. The SMILES string of the molecule is CNC(Cc1ccc(Br)cn1)c1cc(OC)ncn1. The van der Waals surface area contributed by atoms with E-state index in [0.717, 1.165) is 22.3 Å². The Hall–Kier alpha value is -1.53. The molecule has 0 spiro atoms. The van der Waals surface area contributed by atoms with Gasteiger partial charge < -0.3 is 10.1 Å². The average molecular weight is 323 g/mol. The van der Waals surface area contributed by atoms with E-state index in [2.05, 4.69) is 36.2 Å². The van der Waals surface area contributed by atoms with Gasteiger partial charge >= 0.3 is 0 Å². The Bertz CT molecular complexity index is 532. The highest BCUT2D eigenvalue weighted by Gasteiger charge is 2.13. The minimum atomic E-state index is 0.0746. The normalized spacial score (nSPS) is 12.2. The molecule has 2 aromatic heterocycles. The lowest BCUT2D eigenvalue weighted by atomic mass is 10.1. The average Bonchev–Trinajstić information content (AvgIpc) is 2.46. The number of pyridine rings is 1. The number of rotatable bonds is 5. The number of hydrogen-bond donors (Lipinski definition) is 1. The summed E-state index contributed by atoms with van der Waals surface area (Å²) in [6, 6.07) is 5.88. The van der Waals surface area contributed by atoms with Crippen LogP contribution in [-0.2, 0) is 6.42 Å². The highest BCUT2D eigenvalue weighted by molar-refractivity contribution is 9.10. The molecule has 6 heteroatoms. The van der Waals surface area contributed by atoms with Crippen LogP contribution in [0.25, 0.3) is 0 Å². The fraction of sp³-hybridized carbons (Fsp3) is 0.308. The maximum atomic E-state index is 5.11. The molecule has 0 radical (unpaired) electrons. The van der Waals surface area contributed by atoms with E-state index in [1.54, 1.807) is 13.3 Å². The van der Waals surface area contributed by atoms with Gasteiger partial charge in [-0.15, -0.1) is 0 Å². The van der Waals surface area contributed by atoms with E-state index in [1.165, 1.54) is 6.33 Å². The zero-order valence-electron chi connectivity index (χ0n) is 10.8. The van der Waals surface area contributed by atoms with E-state index in [1.807, 2.05) is 25.2 Å². The van der Waals surface area contributed by atoms with E-state index < -0.39 is 0 Å². The summed E-state index contributed by atoms with van der Waals surface area (Å²) >= 11 is 3.38. The highest BCUT2D eigenvalue weighted by atomic mass is 79.9. The molecule has 0 bridgehead atoms. The smallest absolute Gasteiger partial charge is 0.216 e. The largest absolute Gasteiger partial charge is 0.481 e. The summed E-state index contributed by atoms with van der Waals surface area (Å²) < 4.78 is 6.09. The number of halogens is 1. The van der Waals surface area contributed by atoms with Crippen LogP contribution in [-0.4, -0.2) is 29.1 Å². The summed E-state index contributed by atoms with van der Waals surface area (Å²) in [5.74, 6) is 0.564. The van der Waals surface area contributed by atoms with Gasteiger partial charge in [0.15, 0.2) is 0 Å². The van der Waals surface area contributed by atoms with Gasteiger partial charge in [0.25, 0.3) is 0 Å². The monoisotopic (exact) mass is 322 g/mol. The van der Waals surface area contributed by atoms with Crippen LogP contribution < -0.4 is 10.1 Å². The molecule has 0 aromatic carbocycles. The lowest BCUT2D eigenvalue weighted by Crippen LogP contribution is -2.20. The molecular weight excluding hydrogens is 308 g/mol. The Morgan fingerprint density at radius 3 is 2.79 bits per heavy atom. The van der Waals surface area contributed by atoms with Crippen molar-refractivity contribution < 1.29 is 4.74 Å². The van der Waals surface area contributed by atoms with E-state index in [0.29, 0.717) is 5.88 Å².